The van der Waals surface area contributed by atoms with Crippen molar-refractivity contribution >= 4 is 27.0 Å². The van der Waals surface area contributed by atoms with Gasteiger partial charge in [0.15, 0.2) is 0 Å². The Balaban J connectivity index is 1.65. The van der Waals surface area contributed by atoms with Crippen LogP contribution in [0.5, 0.6) is 0 Å². The summed E-state index contributed by atoms with van der Waals surface area (Å²) in [7, 11) is -3.54. The monoisotopic (exact) mass is 355 g/mol. The lowest BCUT2D eigenvalue weighted by Gasteiger charge is -2.22. The van der Waals surface area contributed by atoms with Crippen molar-refractivity contribution in [3.05, 3.63) is 29.4 Å². The van der Waals surface area contributed by atoms with E-state index in [2.05, 4.69) is 9.82 Å². The van der Waals surface area contributed by atoms with E-state index in [-0.39, 0.29) is 6.10 Å². The highest BCUT2D eigenvalue weighted by molar-refractivity contribution is 7.94. The molecule has 0 aromatic carbocycles. The van der Waals surface area contributed by atoms with Gasteiger partial charge in [-0.3, -0.25) is 9.40 Å². The van der Waals surface area contributed by atoms with Gasteiger partial charge in [0.2, 0.25) is 0 Å². The molecule has 1 N–H and O–H groups in total. The molecule has 0 unspecified atom stereocenters. The van der Waals surface area contributed by atoms with Gasteiger partial charge in [0.25, 0.3) is 10.0 Å². The van der Waals surface area contributed by atoms with Gasteiger partial charge in [-0.2, -0.15) is 5.10 Å². The van der Waals surface area contributed by atoms with Crippen LogP contribution < -0.4 is 4.72 Å². The number of aromatic nitrogens is 2. The van der Waals surface area contributed by atoms with Crippen molar-refractivity contribution < 1.29 is 13.2 Å². The van der Waals surface area contributed by atoms with Gasteiger partial charge in [-0.1, -0.05) is 6.92 Å². The number of thiophene rings is 1. The highest BCUT2D eigenvalue weighted by Crippen LogP contribution is 2.24. The lowest BCUT2D eigenvalue weighted by Crippen LogP contribution is -2.24. The maximum Gasteiger partial charge on any atom is 0.271 e. The number of nitrogens with one attached hydrogen (secondary N) is 1. The molecule has 0 saturated carbocycles. The average molecular weight is 355 g/mol. The molecule has 23 heavy (non-hydrogen) atoms. The standard InChI is InChI=1S/C15H21N3O3S2/c1-2-14-6-7-15(22-14)23(19,20)17-12-9-16-18(10-12)11-13-5-3-4-8-21-13/h6-7,9-10,13,17H,2-5,8,11H2,1H3/t13-/m0/s1. The maximum atomic E-state index is 12.4. The highest BCUT2D eigenvalue weighted by atomic mass is 32.2. The van der Waals surface area contributed by atoms with Crippen molar-refractivity contribution in [2.45, 2.75) is 49.5 Å². The molecule has 0 radical (unpaired) electrons. The molecule has 3 rings (SSSR count). The van der Waals surface area contributed by atoms with Crippen molar-refractivity contribution in [2.24, 2.45) is 0 Å². The topological polar surface area (TPSA) is 73.2 Å². The summed E-state index contributed by atoms with van der Waals surface area (Å²) in [6.07, 6.45) is 7.55. The third kappa shape index (κ3) is 4.13. The second-order valence-electron chi connectivity index (χ2n) is 5.62. The number of hydrogen-bond donors (Lipinski definition) is 1. The van der Waals surface area contributed by atoms with Crippen molar-refractivity contribution in [1.29, 1.82) is 0 Å². The number of aryl methyl sites for hydroxylation is 1. The number of sulfonamides is 1. The molecule has 126 valence electrons. The molecule has 0 bridgehead atoms. The lowest BCUT2D eigenvalue weighted by molar-refractivity contribution is 0.00401. The van der Waals surface area contributed by atoms with E-state index in [1.165, 1.54) is 24.0 Å². The fourth-order valence-electron chi connectivity index (χ4n) is 2.57. The summed E-state index contributed by atoms with van der Waals surface area (Å²) in [6, 6.07) is 3.50. The lowest BCUT2D eigenvalue weighted by atomic mass is 10.1. The van der Waals surface area contributed by atoms with Gasteiger partial charge in [0.05, 0.1) is 24.5 Å². The van der Waals surface area contributed by atoms with Crippen molar-refractivity contribution in [3.8, 4) is 0 Å². The Hall–Kier alpha value is -1.38. The zero-order valence-corrected chi connectivity index (χ0v) is 14.7. The van der Waals surface area contributed by atoms with Crippen LogP contribution in [0.15, 0.2) is 28.7 Å². The maximum absolute atomic E-state index is 12.4. The van der Waals surface area contributed by atoms with Gasteiger partial charge in [0, 0.05) is 17.7 Å². The van der Waals surface area contributed by atoms with Gasteiger partial charge < -0.3 is 4.74 Å². The number of hydrogen-bond acceptors (Lipinski definition) is 5. The summed E-state index contributed by atoms with van der Waals surface area (Å²) in [5.41, 5.74) is 0.479. The molecule has 1 aliphatic heterocycles. The van der Waals surface area contributed by atoms with Gasteiger partial charge in [-0.15, -0.1) is 11.3 Å². The Morgan fingerprint density at radius 1 is 1.43 bits per heavy atom. The first-order chi connectivity index (χ1) is 11.1. The second-order valence-corrected chi connectivity index (χ2v) is 8.70. The average Bonchev–Trinajstić information content (AvgIpc) is 3.17. The summed E-state index contributed by atoms with van der Waals surface area (Å²) in [4.78, 5) is 1.05. The Labute approximate surface area is 140 Å². The van der Waals surface area contributed by atoms with Gasteiger partial charge in [-0.25, -0.2) is 8.42 Å². The predicted octanol–water partition coefficient (Wildman–Crippen LogP) is 2.88. The number of anilines is 1. The van der Waals surface area contributed by atoms with Gasteiger partial charge >= 0.3 is 0 Å². The van der Waals surface area contributed by atoms with E-state index in [0.29, 0.717) is 16.4 Å². The smallest absolute Gasteiger partial charge is 0.271 e. The van der Waals surface area contributed by atoms with Crippen LogP contribution in [0.25, 0.3) is 0 Å². The molecule has 1 fully saturated rings. The summed E-state index contributed by atoms with van der Waals surface area (Å²) < 4.78 is 35.1. The minimum absolute atomic E-state index is 0.164. The number of ether oxygens (including phenoxy) is 1. The minimum Gasteiger partial charge on any atom is -0.376 e. The molecule has 2 aromatic heterocycles. The van der Waals surface area contributed by atoms with Crippen molar-refractivity contribution in [2.75, 3.05) is 11.3 Å². The third-order valence-electron chi connectivity index (χ3n) is 3.80. The van der Waals surface area contributed by atoms with E-state index in [1.54, 1.807) is 16.9 Å². The van der Waals surface area contributed by atoms with Crippen LogP contribution >= 0.6 is 11.3 Å². The van der Waals surface area contributed by atoms with Crippen molar-refractivity contribution in [1.82, 2.24) is 9.78 Å². The molecule has 0 aliphatic carbocycles. The van der Waals surface area contributed by atoms with Crippen LogP contribution in [0.4, 0.5) is 5.69 Å². The first-order valence-corrected chi connectivity index (χ1v) is 10.1. The molecule has 1 saturated heterocycles. The molecular formula is C15H21N3O3S2. The van der Waals surface area contributed by atoms with E-state index in [0.717, 1.165) is 30.7 Å². The normalized spacial score (nSPS) is 18.9. The highest BCUT2D eigenvalue weighted by Gasteiger charge is 2.19. The van der Waals surface area contributed by atoms with E-state index in [4.69, 9.17) is 4.74 Å². The summed E-state index contributed by atoms with van der Waals surface area (Å²) in [6.45, 7) is 3.46. The predicted molar refractivity (Wildman–Crippen MR) is 90.3 cm³/mol. The molecule has 0 spiro atoms. The van der Waals surface area contributed by atoms with Crippen molar-refractivity contribution in [3.63, 3.8) is 0 Å². The Morgan fingerprint density at radius 2 is 2.30 bits per heavy atom. The fourth-order valence-corrected chi connectivity index (χ4v) is 4.90. The molecule has 8 heteroatoms. The van der Waals surface area contributed by atoms with E-state index in [1.807, 2.05) is 13.0 Å². The zero-order valence-electron chi connectivity index (χ0n) is 13.1. The van der Waals surface area contributed by atoms with Crippen LogP contribution in [0.3, 0.4) is 0 Å². The second kappa shape index (κ2) is 7.02. The quantitative estimate of drug-likeness (QED) is 0.865. The molecule has 1 atom stereocenters. The van der Waals surface area contributed by atoms with Crippen LogP contribution in [-0.2, 0) is 27.7 Å². The Morgan fingerprint density at radius 3 is 3.00 bits per heavy atom. The fraction of sp³-hybridized carbons (Fsp3) is 0.533. The first-order valence-electron chi connectivity index (χ1n) is 7.82. The molecule has 6 nitrogen and oxygen atoms in total. The van der Waals surface area contributed by atoms with E-state index >= 15 is 0 Å². The molecule has 2 aromatic rings. The Bertz CT molecular complexity index is 746. The SMILES string of the molecule is CCc1ccc(S(=O)(=O)Nc2cnn(C[C@@H]3CCCCO3)c2)s1. The Kier molecular flexibility index (Phi) is 5.03. The molecule has 1 aliphatic rings. The van der Waals surface area contributed by atoms with E-state index in [9.17, 15) is 8.42 Å². The zero-order chi connectivity index (χ0) is 16.3. The summed E-state index contributed by atoms with van der Waals surface area (Å²) in [5, 5.41) is 4.22. The van der Waals surface area contributed by atoms with Crippen LogP contribution in [0.1, 0.15) is 31.1 Å². The third-order valence-corrected chi connectivity index (χ3v) is 6.90. The minimum atomic E-state index is -3.54. The van der Waals surface area contributed by atoms with Gasteiger partial charge in [0.1, 0.15) is 4.21 Å². The van der Waals surface area contributed by atoms with E-state index < -0.39 is 10.0 Å². The molecule has 3 heterocycles. The summed E-state index contributed by atoms with van der Waals surface area (Å²) in [5.74, 6) is 0. The first kappa shape index (κ1) is 16.5. The number of nitrogens with zero attached hydrogens (tertiary/aromatic N) is 2. The van der Waals surface area contributed by atoms with Crippen LogP contribution in [-0.4, -0.2) is 30.9 Å². The molecule has 0 amide bonds. The van der Waals surface area contributed by atoms with Crippen LogP contribution in [0.2, 0.25) is 0 Å². The summed E-state index contributed by atoms with van der Waals surface area (Å²) >= 11 is 1.30. The van der Waals surface area contributed by atoms with Crippen LogP contribution in [0, 0.1) is 0 Å². The van der Waals surface area contributed by atoms with Gasteiger partial charge in [-0.05, 0) is 37.8 Å². The molecular weight excluding hydrogens is 334 g/mol. The number of rotatable bonds is 6. The largest absolute Gasteiger partial charge is 0.376 e.